The van der Waals surface area contributed by atoms with E-state index in [-0.39, 0.29) is 11.9 Å². The van der Waals surface area contributed by atoms with Gasteiger partial charge in [-0.15, -0.1) is 0 Å². The number of aryl methyl sites for hydroxylation is 1. The molecule has 0 saturated carbocycles. The van der Waals surface area contributed by atoms with Crippen molar-refractivity contribution in [2.45, 2.75) is 25.8 Å². The number of carbonyl (C=O) groups is 1. The predicted molar refractivity (Wildman–Crippen MR) is 86.5 cm³/mol. The Morgan fingerprint density at radius 1 is 1.22 bits per heavy atom. The topological polar surface area (TPSA) is 60.5 Å². The summed E-state index contributed by atoms with van der Waals surface area (Å²) >= 11 is 0. The number of nitrogens with zero attached hydrogens (tertiary/aromatic N) is 1. The van der Waals surface area contributed by atoms with Gasteiger partial charge in [-0.05, 0) is 43.2 Å². The third-order valence-corrected chi connectivity index (χ3v) is 3.78. The third kappa shape index (κ3) is 4.00. The van der Waals surface area contributed by atoms with Crippen LogP contribution < -0.4 is 14.8 Å². The number of ether oxygens (including phenoxy) is 2. The lowest BCUT2D eigenvalue weighted by Crippen LogP contribution is -2.27. The van der Waals surface area contributed by atoms with Crippen molar-refractivity contribution in [1.29, 1.82) is 0 Å². The fourth-order valence-corrected chi connectivity index (χ4v) is 2.51. The number of rotatable bonds is 5. The molecule has 23 heavy (non-hydrogen) atoms. The number of hydrogen-bond donors (Lipinski definition) is 1. The first-order chi connectivity index (χ1) is 11.2. The summed E-state index contributed by atoms with van der Waals surface area (Å²) in [5.74, 6) is 1.51. The molecule has 1 amide bonds. The second kappa shape index (κ2) is 7.13. The molecule has 0 spiro atoms. The van der Waals surface area contributed by atoms with Crippen LogP contribution in [0.2, 0.25) is 0 Å². The number of carbonyl (C=O) groups excluding carboxylic acids is 1. The lowest BCUT2D eigenvalue weighted by molar-refractivity contribution is -0.121. The van der Waals surface area contributed by atoms with Crippen molar-refractivity contribution in [3.63, 3.8) is 0 Å². The molecule has 2 aromatic rings. The van der Waals surface area contributed by atoms with Gasteiger partial charge in [0.15, 0.2) is 11.5 Å². The van der Waals surface area contributed by atoms with Gasteiger partial charge in [-0.1, -0.05) is 12.1 Å². The summed E-state index contributed by atoms with van der Waals surface area (Å²) in [5, 5.41) is 3.01. The van der Waals surface area contributed by atoms with Crippen molar-refractivity contribution >= 4 is 5.91 Å². The summed E-state index contributed by atoms with van der Waals surface area (Å²) in [5.41, 5.74) is 1.93. The molecule has 5 heteroatoms. The standard InChI is InChI=1S/C18H20N2O3/c1-13(14-5-7-16-17(12-14)23-11-10-22-16)20-18(21)8-6-15-4-2-3-9-19-15/h2-5,7,9,12-13H,6,8,10-11H2,1H3,(H,20,21). The molecule has 1 aliphatic rings. The molecule has 2 heterocycles. The van der Waals surface area contributed by atoms with Gasteiger partial charge in [-0.2, -0.15) is 0 Å². The highest BCUT2D eigenvalue weighted by atomic mass is 16.6. The van der Waals surface area contributed by atoms with Crippen molar-refractivity contribution in [1.82, 2.24) is 10.3 Å². The fraction of sp³-hybridized carbons (Fsp3) is 0.333. The third-order valence-electron chi connectivity index (χ3n) is 3.78. The highest BCUT2D eigenvalue weighted by molar-refractivity contribution is 5.76. The maximum atomic E-state index is 12.1. The second-order valence-electron chi connectivity index (χ2n) is 5.51. The van der Waals surface area contributed by atoms with Gasteiger partial charge in [0.2, 0.25) is 5.91 Å². The van der Waals surface area contributed by atoms with Crippen LogP contribution in [0.3, 0.4) is 0 Å². The van der Waals surface area contributed by atoms with E-state index in [1.54, 1.807) is 6.20 Å². The number of fused-ring (bicyclic) bond motifs is 1. The van der Waals surface area contributed by atoms with E-state index in [2.05, 4.69) is 10.3 Å². The van der Waals surface area contributed by atoms with Gasteiger partial charge < -0.3 is 14.8 Å². The van der Waals surface area contributed by atoms with Gasteiger partial charge >= 0.3 is 0 Å². The molecule has 1 aromatic heterocycles. The molecule has 1 aromatic carbocycles. The Labute approximate surface area is 135 Å². The number of hydrogen-bond acceptors (Lipinski definition) is 4. The van der Waals surface area contributed by atoms with Gasteiger partial charge in [0, 0.05) is 18.3 Å². The average molecular weight is 312 g/mol. The molecule has 0 radical (unpaired) electrons. The van der Waals surface area contributed by atoms with Gasteiger partial charge in [-0.3, -0.25) is 9.78 Å². The molecule has 0 fully saturated rings. The van der Waals surface area contributed by atoms with Crippen LogP contribution >= 0.6 is 0 Å². The normalized spacial score (nSPS) is 14.1. The SMILES string of the molecule is CC(NC(=O)CCc1ccccn1)c1ccc2c(c1)OCCO2. The first-order valence-electron chi connectivity index (χ1n) is 7.81. The molecular weight excluding hydrogens is 292 g/mol. The van der Waals surface area contributed by atoms with E-state index < -0.39 is 0 Å². The van der Waals surface area contributed by atoms with Crippen LogP contribution in [0.25, 0.3) is 0 Å². The van der Waals surface area contributed by atoms with Crippen LogP contribution in [-0.2, 0) is 11.2 Å². The zero-order chi connectivity index (χ0) is 16.1. The van der Waals surface area contributed by atoms with Crippen molar-refractivity contribution < 1.29 is 14.3 Å². The largest absolute Gasteiger partial charge is 0.486 e. The molecule has 120 valence electrons. The van der Waals surface area contributed by atoms with E-state index in [0.29, 0.717) is 26.1 Å². The molecule has 1 aliphatic heterocycles. The van der Waals surface area contributed by atoms with Gasteiger partial charge in [0.25, 0.3) is 0 Å². The van der Waals surface area contributed by atoms with Crippen LogP contribution in [0.15, 0.2) is 42.6 Å². The summed E-state index contributed by atoms with van der Waals surface area (Å²) in [4.78, 5) is 16.3. The molecule has 0 bridgehead atoms. The van der Waals surface area contributed by atoms with Crippen LogP contribution in [-0.4, -0.2) is 24.1 Å². The number of aromatic nitrogens is 1. The summed E-state index contributed by atoms with van der Waals surface area (Å²) in [6.07, 6.45) is 2.80. The minimum Gasteiger partial charge on any atom is -0.486 e. The van der Waals surface area contributed by atoms with Crippen molar-refractivity contribution in [3.05, 3.63) is 53.9 Å². The van der Waals surface area contributed by atoms with Crippen LogP contribution in [0.5, 0.6) is 11.5 Å². The first kappa shape index (κ1) is 15.3. The summed E-state index contributed by atoms with van der Waals surface area (Å²) in [7, 11) is 0. The number of pyridine rings is 1. The fourth-order valence-electron chi connectivity index (χ4n) is 2.51. The number of benzene rings is 1. The highest BCUT2D eigenvalue weighted by Crippen LogP contribution is 2.32. The van der Waals surface area contributed by atoms with E-state index >= 15 is 0 Å². The summed E-state index contributed by atoms with van der Waals surface area (Å²) in [6, 6.07) is 11.4. The van der Waals surface area contributed by atoms with Crippen LogP contribution in [0.4, 0.5) is 0 Å². The molecule has 1 N–H and O–H groups in total. The Kier molecular flexibility index (Phi) is 4.76. The quantitative estimate of drug-likeness (QED) is 0.922. The van der Waals surface area contributed by atoms with Gasteiger partial charge in [0.05, 0.1) is 6.04 Å². The minimum atomic E-state index is -0.0814. The maximum absolute atomic E-state index is 12.1. The molecule has 5 nitrogen and oxygen atoms in total. The van der Waals surface area contributed by atoms with Crippen molar-refractivity contribution in [2.75, 3.05) is 13.2 Å². The Morgan fingerprint density at radius 3 is 2.83 bits per heavy atom. The predicted octanol–water partition coefficient (Wildman–Crippen LogP) is 2.66. The zero-order valence-electron chi connectivity index (χ0n) is 13.1. The summed E-state index contributed by atoms with van der Waals surface area (Å²) in [6.45, 7) is 3.09. The Hall–Kier alpha value is -2.56. The number of amides is 1. The molecule has 0 saturated heterocycles. The van der Waals surface area contributed by atoms with E-state index in [1.165, 1.54) is 0 Å². The Bertz CT molecular complexity index is 673. The highest BCUT2D eigenvalue weighted by Gasteiger charge is 2.15. The maximum Gasteiger partial charge on any atom is 0.220 e. The van der Waals surface area contributed by atoms with E-state index in [9.17, 15) is 4.79 Å². The minimum absolute atomic E-state index is 0.0121. The smallest absolute Gasteiger partial charge is 0.220 e. The van der Waals surface area contributed by atoms with Gasteiger partial charge in [0.1, 0.15) is 13.2 Å². The molecule has 1 atom stereocenters. The number of nitrogens with one attached hydrogen (secondary N) is 1. The molecule has 0 aliphatic carbocycles. The molecular formula is C18H20N2O3. The van der Waals surface area contributed by atoms with Crippen LogP contribution in [0, 0.1) is 0 Å². The van der Waals surface area contributed by atoms with E-state index in [1.807, 2.05) is 43.3 Å². The lowest BCUT2D eigenvalue weighted by atomic mass is 10.1. The zero-order valence-corrected chi connectivity index (χ0v) is 13.1. The van der Waals surface area contributed by atoms with Crippen LogP contribution in [0.1, 0.15) is 30.6 Å². The lowest BCUT2D eigenvalue weighted by Gasteiger charge is -2.21. The van der Waals surface area contributed by atoms with Gasteiger partial charge in [-0.25, -0.2) is 0 Å². The molecule has 1 unspecified atom stereocenters. The molecule has 3 rings (SSSR count). The average Bonchev–Trinajstić information content (AvgIpc) is 2.60. The van der Waals surface area contributed by atoms with Crippen molar-refractivity contribution in [3.8, 4) is 11.5 Å². The van der Waals surface area contributed by atoms with Crippen molar-refractivity contribution in [2.24, 2.45) is 0 Å². The first-order valence-corrected chi connectivity index (χ1v) is 7.81. The second-order valence-corrected chi connectivity index (χ2v) is 5.51. The monoisotopic (exact) mass is 312 g/mol. The summed E-state index contributed by atoms with van der Waals surface area (Å²) < 4.78 is 11.1. The Morgan fingerprint density at radius 2 is 2.04 bits per heavy atom. The van der Waals surface area contributed by atoms with E-state index in [4.69, 9.17) is 9.47 Å². The Balaban J connectivity index is 1.56. The van der Waals surface area contributed by atoms with E-state index in [0.717, 1.165) is 22.8 Å².